The fourth-order valence-corrected chi connectivity index (χ4v) is 3.32. The van der Waals surface area contributed by atoms with Gasteiger partial charge in [0.1, 0.15) is 11.5 Å². The summed E-state index contributed by atoms with van der Waals surface area (Å²) in [6.07, 6.45) is 1.66. The van der Waals surface area contributed by atoms with Crippen LogP contribution in [0.25, 0.3) is 5.52 Å². The minimum absolute atomic E-state index is 0.0463. The molecule has 0 fully saturated rings. The van der Waals surface area contributed by atoms with E-state index in [0.717, 1.165) is 0 Å². The fraction of sp³-hybridized carbons (Fsp3) is 0. The number of ketones is 1. The Morgan fingerprint density at radius 2 is 1.76 bits per heavy atom. The number of hydrogen-bond donors (Lipinski definition) is 2. The zero-order chi connectivity index (χ0) is 20.5. The molecule has 0 saturated heterocycles. The van der Waals surface area contributed by atoms with Crippen LogP contribution in [0.5, 0.6) is 0 Å². The molecule has 0 aliphatic carbocycles. The molecule has 0 spiro atoms. The molecule has 2 aromatic carbocycles. The van der Waals surface area contributed by atoms with Crippen LogP contribution in [-0.4, -0.2) is 16.1 Å². The van der Waals surface area contributed by atoms with Gasteiger partial charge in [-0.2, -0.15) is 0 Å². The van der Waals surface area contributed by atoms with Crippen molar-refractivity contribution >= 4 is 40.2 Å². The van der Waals surface area contributed by atoms with Crippen LogP contribution in [-0.2, 0) is 0 Å². The van der Waals surface area contributed by atoms with E-state index < -0.39 is 11.7 Å². The van der Waals surface area contributed by atoms with Gasteiger partial charge in [-0.1, -0.05) is 23.7 Å². The molecule has 0 atom stereocenters. The summed E-state index contributed by atoms with van der Waals surface area (Å²) < 4.78 is 15.0. The molecule has 5 nitrogen and oxygen atoms in total. The lowest BCUT2D eigenvalue weighted by Crippen LogP contribution is -2.14. The summed E-state index contributed by atoms with van der Waals surface area (Å²) >= 11 is 5.90. The molecule has 2 aromatic heterocycles. The van der Waals surface area contributed by atoms with Gasteiger partial charge in [-0.05, 0) is 54.6 Å². The molecule has 4 aromatic rings. The SMILES string of the molecule is Nc1c(C(=O)Nc2cccc(F)c2)c2ccccn2c1C(=O)c1ccc(Cl)cc1. The van der Waals surface area contributed by atoms with Gasteiger partial charge in [-0.25, -0.2) is 4.39 Å². The Balaban J connectivity index is 1.81. The van der Waals surface area contributed by atoms with Gasteiger partial charge in [0.15, 0.2) is 0 Å². The zero-order valence-corrected chi connectivity index (χ0v) is 15.8. The van der Waals surface area contributed by atoms with Gasteiger partial charge in [0.25, 0.3) is 5.91 Å². The Labute approximate surface area is 170 Å². The van der Waals surface area contributed by atoms with Crippen LogP contribution >= 0.6 is 11.6 Å². The fourth-order valence-electron chi connectivity index (χ4n) is 3.20. The second-order valence-electron chi connectivity index (χ2n) is 6.39. The molecule has 3 N–H and O–H groups in total. The second kappa shape index (κ2) is 7.41. The topological polar surface area (TPSA) is 76.6 Å². The number of nitrogen functional groups attached to an aromatic ring is 1. The van der Waals surface area contributed by atoms with E-state index >= 15 is 0 Å². The van der Waals surface area contributed by atoms with Crippen LogP contribution in [0, 0.1) is 5.82 Å². The molecule has 0 aliphatic heterocycles. The lowest BCUT2D eigenvalue weighted by Gasteiger charge is -2.06. The second-order valence-corrected chi connectivity index (χ2v) is 6.83. The molecule has 0 radical (unpaired) electrons. The highest BCUT2D eigenvalue weighted by Gasteiger charge is 2.26. The number of amides is 1. The highest BCUT2D eigenvalue weighted by molar-refractivity contribution is 6.30. The first-order valence-corrected chi connectivity index (χ1v) is 9.09. The molecular formula is C22H15ClFN3O2. The zero-order valence-electron chi connectivity index (χ0n) is 15.0. The summed E-state index contributed by atoms with van der Waals surface area (Å²) in [6.45, 7) is 0. The van der Waals surface area contributed by atoms with Gasteiger partial charge >= 0.3 is 0 Å². The van der Waals surface area contributed by atoms with E-state index in [0.29, 0.717) is 16.1 Å². The number of nitrogens with zero attached hydrogens (tertiary/aromatic N) is 1. The first-order valence-electron chi connectivity index (χ1n) is 8.71. The van der Waals surface area contributed by atoms with E-state index in [1.54, 1.807) is 59.1 Å². The number of anilines is 2. The Morgan fingerprint density at radius 1 is 1.00 bits per heavy atom. The predicted molar refractivity (Wildman–Crippen MR) is 111 cm³/mol. The number of rotatable bonds is 4. The molecular weight excluding hydrogens is 393 g/mol. The normalized spacial score (nSPS) is 10.8. The quantitative estimate of drug-likeness (QED) is 0.477. The largest absolute Gasteiger partial charge is 0.396 e. The highest BCUT2D eigenvalue weighted by atomic mass is 35.5. The van der Waals surface area contributed by atoms with Crippen molar-refractivity contribution in [1.29, 1.82) is 0 Å². The van der Waals surface area contributed by atoms with E-state index in [9.17, 15) is 14.0 Å². The van der Waals surface area contributed by atoms with E-state index in [1.165, 1.54) is 18.2 Å². The molecule has 29 heavy (non-hydrogen) atoms. The third-order valence-electron chi connectivity index (χ3n) is 4.51. The maximum Gasteiger partial charge on any atom is 0.259 e. The Kier molecular flexibility index (Phi) is 4.78. The number of fused-ring (bicyclic) bond motifs is 1. The number of aromatic nitrogens is 1. The number of benzene rings is 2. The molecule has 0 aliphatic rings. The minimum atomic E-state index is -0.535. The van der Waals surface area contributed by atoms with Crippen molar-refractivity contribution in [3.8, 4) is 0 Å². The van der Waals surface area contributed by atoms with Crippen LogP contribution in [0.1, 0.15) is 26.4 Å². The van der Waals surface area contributed by atoms with Gasteiger partial charge in [0, 0.05) is 22.5 Å². The number of nitrogens with one attached hydrogen (secondary N) is 1. The lowest BCUT2D eigenvalue weighted by molar-refractivity contribution is 0.102. The standard InChI is InChI=1S/C22H15ClFN3O2/c23-14-9-7-13(8-10-14)21(28)20-19(25)18(17-6-1-2-11-27(17)20)22(29)26-16-5-3-4-15(24)12-16/h1-12H,25H2,(H,26,29). The first-order chi connectivity index (χ1) is 14.0. The minimum Gasteiger partial charge on any atom is -0.396 e. The van der Waals surface area contributed by atoms with E-state index in [2.05, 4.69) is 5.32 Å². The Morgan fingerprint density at radius 3 is 2.48 bits per heavy atom. The number of nitrogens with two attached hydrogens (primary N) is 1. The summed E-state index contributed by atoms with van der Waals surface area (Å²) in [6, 6.07) is 17.1. The molecule has 0 bridgehead atoms. The van der Waals surface area contributed by atoms with Crippen molar-refractivity contribution in [2.45, 2.75) is 0 Å². The number of carbonyl (C=O) groups is 2. The van der Waals surface area contributed by atoms with Crippen molar-refractivity contribution in [1.82, 2.24) is 4.40 Å². The van der Waals surface area contributed by atoms with Crippen molar-refractivity contribution in [2.75, 3.05) is 11.1 Å². The van der Waals surface area contributed by atoms with Gasteiger partial charge in [0.05, 0.1) is 16.8 Å². The van der Waals surface area contributed by atoms with Crippen molar-refractivity contribution in [3.63, 3.8) is 0 Å². The van der Waals surface area contributed by atoms with Gasteiger partial charge in [-0.3, -0.25) is 9.59 Å². The number of carbonyl (C=O) groups excluding carboxylic acids is 2. The number of halogens is 2. The van der Waals surface area contributed by atoms with Crippen LogP contribution in [0.15, 0.2) is 72.9 Å². The van der Waals surface area contributed by atoms with Crippen LogP contribution < -0.4 is 11.1 Å². The highest BCUT2D eigenvalue weighted by Crippen LogP contribution is 2.29. The summed E-state index contributed by atoms with van der Waals surface area (Å²) in [5.74, 6) is -1.35. The van der Waals surface area contributed by atoms with E-state index in [1.807, 2.05) is 0 Å². The Hall–Kier alpha value is -3.64. The van der Waals surface area contributed by atoms with E-state index in [-0.39, 0.29) is 28.4 Å². The monoisotopic (exact) mass is 407 g/mol. The molecule has 1 amide bonds. The Bertz CT molecular complexity index is 1250. The third-order valence-corrected chi connectivity index (χ3v) is 4.76. The average molecular weight is 408 g/mol. The van der Waals surface area contributed by atoms with Crippen LogP contribution in [0.4, 0.5) is 15.8 Å². The van der Waals surface area contributed by atoms with Crippen LogP contribution in [0.2, 0.25) is 5.02 Å². The molecule has 4 rings (SSSR count). The van der Waals surface area contributed by atoms with Crippen molar-refractivity contribution in [2.24, 2.45) is 0 Å². The van der Waals surface area contributed by atoms with Gasteiger partial charge < -0.3 is 15.5 Å². The summed E-state index contributed by atoms with van der Waals surface area (Å²) in [5.41, 5.74) is 7.78. The van der Waals surface area contributed by atoms with Crippen molar-refractivity contribution in [3.05, 3.63) is 101 Å². The molecule has 2 heterocycles. The smallest absolute Gasteiger partial charge is 0.259 e. The molecule has 0 saturated carbocycles. The van der Waals surface area contributed by atoms with Crippen LogP contribution in [0.3, 0.4) is 0 Å². The van der Waals surface area contributed by atoms with Gasteiger partial charge in [-0.15, -0.1) is 0 Å². The van der Waals surface area contributed by atoms with Crippen molar-refractivity contribution < 1.29 is 14.0 Å². The molecule has 144 valence electrons. The number of hydrogen-bond acceptors (Lipinski definition) is 3. The maximum atomic E-state index is 13.4. The molecule has 7 heteroatoms. The third kappa shape index (κ3) is 3.46. The van der Waals surface area contributed by atoms with E-state index in [4.69, 9.17) is 17.3 Å². The summed E-state index contributed by atoms with van der Waals surface area (Å²) in [7, 11) is 0. The molecule has 0 unspecified atom stereocenters. The summed E-state index contributed by atoms with van der Waals surface area (Å²) in [4.78, 5) is 26.0. The summed E-state index contributed by atoms with van der Waals surface area (Å²) in [5, 5.41) is 3.13. The maximum absolute atomic E-state index is 13.4. The first kappa shape index (κ1) is 18.7. The average Bonchev–Trinajstić information content (AvgIpc) is 3.00. The lowest BCUT2D eigenvalue weighted by atomic mass is 10.1. The predicted octanol–water partition coefficient (Wildman–Crippen LogP) is 4.80. The van der Waals surface area contributed by atoms with Gasteiger partial charge in [0.2, 0.25) is 5.78 Å². The number of pyridine rings is 1.